The number of methoxy groups -OCH3 is 1. The molecule has 3 rings (SSSR count). The fraction of sp³-hybridized carbons (Fsp3) is 0.105. The van der Waals surface area contributed by atoms with E-state index in [0.29, 0.717) is 22.7 Å². The molecule has 7 nitrogen and oxygen atoms in total. The van der Waals surface area contributed by atoms with Gasteiger partial charge in [0.2, 0.25) is 0 Å². The van der Waals surface area contributed by atoms with Crippen molar-refractivity contribution >= 4 is 23.6 Å². The van der Waals surface area contributed by atoms with Crippen LogP contribution >= 0.6 is 0 Å². The molecular weight excluding hydrogens is 334 g/mol. The van der Waals surface area contributed by atoms with Crippen LogP contribution in [0.1, 0.15) is 5.56 Å². The van der Waals surface area contributed by atoms with E-state index in [0.717, 1.165) is 0 Å². The minimum absolute atomic E-state index is 0.0154. The molecule has 1 heterocycles. The van der Waals surface area contributed by atoms with Crippen molar-refractivity contribution in [2.75, 3.05) is 18.7 Å². The number of hydrogen-bond donors (Lipinski definition) is 1. The van der Waals surface area contributed by atoms with Gasteiger partial charge in [-0.25, -0.2) is 5.01 Å². The van der Waals surface area contributed by atoms with Crippen LogP contribution in [0.15, 0.2) is 54.1 Å². The summed E-state index contributed by atoms with van der Waals surface area (Å²) in [6, 6.07) is 15.6. The van der Waals surface area contributed by atoms with Crippen LogP contribution in [0, 0.1) is 11.3 Å². The molecule has 130 valence electrons. The highest BCUT2D eigenvalue weighted by atomic mass is 16.5. The van der Waals surface area contributed by atoms with Gasteiger partial charge in [0.1, 0.15) is 11.6 Å². The first kappa shape index (κ1) is 17.0. The third kappa shape index (κ3) is 3.35. The molecular formula is C19H15N3O4. The second-order valence-corrected chi connectivity index (χ2v) is 5.33. The number of benzene rings is 2. The molecule has 2 aromatic rings. The van der Waals surface area contributed by atoms with E-state index in [1.165, 1.54) is 18.2 Å². The smallest absolute Gasteiger partial charge is 0.282 e. The summed E-state index contributed by atoms with van der Waals surface area (Å²) in [7, 11) is 1.47. The summed E-state index contributed by atoms with van der Waals surface area (Å²) >= 11 is 0. The van der Waals surface area contributed by atoms with Gasteiger partial charge in [-0.1, -0.05) is 24.3 Å². The van der Waals surface area contributed by atoms with Gasteiger partial charge < -0.3 is 9.47 Å². The number of amides is 2. The molecule has 2 amide bonds. The maximum Gasteiger partial charge on any atom is 0.282 e. The lowest BCUT2D eigenvalue weighted by Crippen LogP contribution is -2.35. The number of hydrazine groups is 1. The van der Waals surface area contributed by atoms with E-state index in [1.54, 1.807) is 42.5 Å². The zero-order chi connectivity index (χ0) is 18.5. The SMILES string of the molecule is COc1cc(/C=C2\C(=O)NN(c3ccccc3)C2=O)ccc1OCC#N. The molecule has 0 radical (unpaired) electrons. The predicted molar refractivity (Wildman–Crippen MR) is 94.1 cm³/mol. The minimum Gasteiger partial charge on any atom is -0.493 e. The molecule has 1 N–H and O–H groups in total. The van der Waals surface area contributed by atoms with Crippen molar-refractivity contribution in [3.8, 4) is 17.6 Å². The number of rotatable bonds is 5. The van der Waals surface area contributed by atoms with Crippen LogP contribution in [0.5, 0.6) is 11.5 Å². The van der Waals surface area contributed by atoms with Crippen LogP contribution in [0.4, 0.5) is 5.69 Å². The molecule has 1 aliphatic heterocycles. The average molecular weight is 349 g/mol. The van der Waals surface area contributed by atoms with Gasteiger partial charge in [0.25, 0.3) is 11.8 Å². The first-order valence-electron chi connectivity index (χ1n) is 7.74. The minimum atomic E-state index is -0.484. The standard InChI is InChI=1S/C19H15N3O4/c1-25-17-12-13(7-8-16(17)26-10-9-20)11-15-18(23)21-22(19(15)24)14-5-3-2-4-6-14/h2-8,11-12H,10H2,1H3,(H,21,23)/b15-11+. The van der Waals surface area contributed by atoms with Crippen molar-refractivity contribution in [3.05, 3.63) is 59.7 Å². The lowest BCUT2D eigenvalue weighted by Gasteiger charge is -2.13. The number of hydrogen-bond acceptors (Lipinski definition) is 5. The lowest BCUT2D eigenvalue weighted by molar-refractivity contribution is -0.117. The zero-order valence-electron chi connectivity index (χ0n) is 13.9. The third-order valence-corrected chi connectivity index (χ3v) is 3.70. The molecule has 1 saturated heterocycles. The van der Waals surface area contributed by atoms with Gasteiger partial charge in [-0.15, -0.1) is 0 Å². The number of para-hydroxylation sites is 1. The van der Waals surface area contributed by atoms with E-state index >= 15 is 0 Å². The van der Waals surface area contributed by atoms with Gasteiger partial charge in [-0.05, 0) is 35.9 Å². The molecule has 2 aromatic carbocycles. The fourth-order valence-electron chi connectivity index (χ4n) is 2.49. The Kier molecular flexibility index (Phi) is 4.85. The van der Waals surface area contributed by atoms with Gasteiger partial charge in [0.05, 0.1) is 12.8 Å². The second kappa shape index (κ2) is 7.40. The van der Waals surface area contributed by atoms with Gasteiger partial charge in [0.15, 0.2) is 18.1 Å². The van der Waals surface area contributed by atoms with E-state index in [-0.39, 0.29) is 12.2 Å². The van der Waals surface area contributed by atoms with Crippen LogP contribution in [0.25, 0.3) is 6.08 Å². The summed E-state index contributed by atoms with van der Waals surface area (Å²) in [5, 5.41) is 9.80. The molecule has 0 atom stereocenters. The van der Waals surface area contributed by atoms with E-state index in [1.807, 2.05) is 12.1 Å². The van der Waals surface area contributed by atoms with E-state index < -0.39 is 11.8 Å². The highest BCUT2D eigenvalue weighted by Crippen LogP contribution is 2.29. The van der Waals surface area contributed by atoms with E-state index in [9.17, 15) is 9.59 Å². The lowest BCUT2D eigenvalue weighted by atomic mass is 10.1. The summed E-state index contributed by atoms with van der Waals surface area (Å²) < 4.78 is 10.5. The van der Waals surface area contributed by atoms with Crippen molar-refractivity contribution in [2.24, 2.45) is 0 Å². The quantitative estimate of drug-likeness (QED) is 0.659. The Bertz CT molecular complexity index is 916. The Balaban J connectivity index is 1.89. The molecule has 26 heavy (non-hydrogen) atoms. The highest BCUT2D eigenvalue weighted by molar-refractivity contribution is 6.31. The molecule has 0 saturated carbocycles. The summed E-state index contributed by atoms with van der Waals surface area (Å²) in [6.45, 7) is -0.107. The van der Waals surface area contributed by atoms with Crippen LogP contribution in [-0.2, 0) is 9.59 Å². The Labute approximate surface area is 150 Å². The van der Waals surface area contributed by atoms with Gasteiger partial charge >= 0.3 is 0 Å². The first-order valence-corrected chi connectivity index (χ1v) is 7.74. The Hall–Kier alpha value is -3.79. The maximum atomic E-state index is 12.6. The van der Waals surface area contributed by atoms with Crippen molar-refractivity contribution < 1.29 is 19.1 Å². The summed E-state index contributed by atoms with van der Waals surface area (Å²) in [4.78, 5) is 24.8. The van der Waals surface area contributed by atoms with Crippen LogP contribution < -0.4 is 19.9 Å². The molecule has 0 spiro atoms. The normalized spacial score (nSPS) is 14.9. The topological polar surface area (TPSA) is 91.7 Å². The predicted octanol–water partition coefficient (Wildman–Crippen LogP) is 2.06. The monoisotopic (exact) mass is 349 g/mol. The Morgan fingerprint density at radius 3 is 2.62 bits per heavy atom. The maximum absolute atomic E-state index is 12.6. The van der Waals surface area contributed by atoms with E-state index in [2.05, 4.69) is 5.43 Å². The van der Waals surface area contributed by atoms with Gasteiger partial charge in [-0.3, -0.25) is 15.0 Å². The molecule has 0 aromatic heterocycles. The van der Waals surface area contributed by atoms with Gasteiger partial charge in [-0.2, -0.15) is 5.26 Å². The average Bonchev–Trinajstić information content (AvgIpc) is 2.95. The number of carbonyl (C=O) groups is 2. The van der Waals surface area contributed by atoms with Crippen LogP contribution in [-0.4, -0.2) is 25.5 Å². The number of ether oxygens (including phenoxy) is 2. The zero-order valence-corrected chi connectivity index (χ0v) is 13.9. The molecule has 1 fully saturated rings. The molecule has 7 heteroatoms. The Morgan fingerprint density at radius 1 is 1.15 bits per heavy atom. The largest absolute Gasteiger partial charge is 0.493 e. The van der Waals surface area contributed by atoms with Crippen molar-refractivity contribution in [1.82, 2.24) is 5.43 Å². The number of nitriles is 1. The summed E-state index contributed by atoms with van der Waals surface area (Å²) in [5.74, 6) is -0.114. The third-order valence-electron chi connectivity index (χ3n) is 3.70. The van der Waals surface area contributed by atoms with Crippen molar-refractivity contribution in [3.63, 3.8) is 0 Å². The van der Waals surface area contributed by atoms with Gasteiger partial charge in [0, 0.05) is 0 Å². The number of nitrogens with zero attached hydrogens (tertiary/aromatic N) is 2. The molecule has 0 aliphatic carbocycles. The molecule has 0 unspecified atom stereocenters. The van der Waals surface area contributed by atoms with Crippen molar-refractivity contribution in [1.29, 1.82) is 5.26 Å². The van der Waals surface area contributed by atoms with Crippen LogP contribution in [0.3, 0.4) is 0 Å². The highest BCUT2D eigenvalue weighted by Gasteiger charge is 2.34. The number of nitrogens with one attached hydrogen (secondary N) is 1. The van der Waals surface area contributed by atoms with E-state index in [4.69, 9.17) is 14.7 Å². The second-order valence-electron chi connectivity index (χ2n) is 5.33. The Morgan fingerprint density at radius 2 is 1.92 bits per heavy atom. The van der Waals surface area contributed by atoms with Crippen LogP contribution in [0.2, 0.25) is 0 Å². The molecule has 1 aliphatic rings. The summed E-state index contributed by atoms with van der Waals surface area (Å²) in [5.41, 5.74) is 3.73. The number of carbonyl (C=O) groups excluding carboxylic acids is 2. The fourth-order valence-corrected chi connectivity index (χ4v) is 2.49. The number of anilines is 1. The summed E-state index contributed by atoms with van der Waals surface area (Å²) in [6.07, 6.45) is 1.48. The first-order chi connectivity index (χ1) is 12.6. The molecule has 0 bridgehead atoms. The van der Waals surface area contributed by atoms with Crippen molar-refractivity contribution in [2.45, 2.75) is 0 Å².